The van der Waals surface area contributed by atoms with Gasteiger partial charge in [-0.15, -0.1) is 11.8 Å². The van der Waals surface area contributed by atoms with Crippen LogP contribution in [0.3, 0.4) is 0 Å². The highest BCUT2D eigenvalue weighted by Crippen LogP contribution is 2.30. The van der Waals surface area contributed by atoms with Crippen molar-refractivity contribution < 1.29 is 0 Å². The molecule has 0 bridgehead atoms. The van der Waals surface area contributed by atoms with Crippen molar-refractivity contribution in [3.05, 3.63) is 77.9 Å². The first-order chi connectivity index (χ1) is 12.4. The van der Waals surface area contributed by atoms with Crippen LogP contribution in [-0.2, 0) is 12.3 Å². The van der Waals surface area contributed by atoms with E-state index in [4.69, 9.17) is 0 Å². The maximum atomic E-state index is 2.61. The zero-order valence-corrected chi connectivity index (χ0v) is 15.5. The quantitative estimate of drug-likeness (QED) is 0.512. The van der Waals surface area contributed by atoms with E-state index in [0.29, 0.717) is 0 Å². The van der Waals surface area contributed by atoms with Crippen LogP contribution < -0.4 is 0 Å². The standard InChI is InChI=1S/C23H25NS/c1-6-15-24(16-7-1)17-20-10-3-5-14-23(20)25-18-21-12-8-11-19-9-2-4-13-22(19)21/h2-5,8-14H,1,6-7,15-18H2. The number of hydrogen-bond donors (Lipinski definition) is 0. The van der Waals surface area contributed by atoms with Gasteiger partial charge in [-0.2, -0.15) is 0 Å². The number of nitrogens with zero attached hydrogens (tertiary/aromatic N) is 1. The molecule has 1 aliphatic heterocycles. The third-order valence-electron chi connectivity index (χ3n) is 5.08. The Hall–Kier alpha value is -1.77. The van der Waals surface area contributed by atoms with Gasteiger partial charge in [0.05, 0.1) is 0 Å². The van der Waals surface area contributed by atoms with Crippen LogP contribution in [0.25, 0.3) is 10.8 Å². The number of piperidine rings is 1. The molecule has 1 heterocycles. The van der Waals surface area contributed by atoms with E-state index in [0.717, 1.165) is 12.3 Å². The summed E-state index contributed by atoms with van der Waals surface area (Å²) in [6.45, 7) is 3.60. The van der Waals surface area contributed by atoms with Crippen molar-refractivity contribution >= 4 is 22.5 Å². The van der Waals surface area contributed by atoms with Gasteiger partial charge in [0.1, 0.15) is 0 Å². The van der Waals surface area contributed by atoms with Crippen LogP contribution in [0.4, 0.5) is 0 Å². The SMILES string of the molecule is c1ccc(SCc2cccc3ccccc23)c(CN2CCCCC2)c1. The molecule has 0 aliphatic carbocycles. The normalized spacial score (nSPS) is 15.5. The van der Waals surface area contributed by atoms with Gasteiger partial charge >= 0.3 is 0 Å². The minimum Gasteiger partial charge on any atom is -0.299 e. The molecule has 1 nitrogen and oxygen atoms in total. The van der Waals surface area contributed by atoms with Crippen LogP contribution in [-0.4, -0.2) is 18.0 Å². The van der Waals surface area contributed by atoms with E-state index in [1.807, 2.05) is 11.8 Å². The van der Waals surface area contributed by atoms with Crippen molar-refractivity contribution in [1.82, 2.24) is 4.90 Å². The number of thioether (sulfide) groups is 1. The summed E-state index contributed by atoms with van der Waals surface area (Å²) in [6.07, 6.45) is 4.10. The summed E-state index contributed by atoms with van der Waals surface area (Å²) >= 11 is 1.98. The lowest BCUT2D eigenvalue weighted by molar-refractivity contribution is 0.219. The molecule has 1 aliphatic rings. The number of likely N-dealkylation sites (tertiary alicyclic amines) is 1. The van der Waals surface area contributed by atoms with Gasteiger partial charge in [-0.05, 0) is 53.9 Å². The molecule has 2 heteroatoms. The Morgan fingerprint density at radius 1 is 0.720 bits per heavy atom. The van der Waals surface area contributed by atoms with Crippen molar-refractivity contribution in [1.29, 1.82) is 0 Å². The second-order valence-corrected chi connectivity index (χ2v) is 7.89. The van der Waals surface area contributed by atoms with Gasteiger partial charge in [-0.1, -0.05) is 67.1 Å². The molecule has 0 radical (unpaired) electrons. The molecule has 0 amide bonds. The molecular weight excluding hydrogens is 322 g/mol. The van der Waals surface area contributed by atoms with E-state index in [1.165, 1.54) is 59.1 Å². The summed E-state index contributed by atoms with van der Waals surface area (Å²) in [4.78, 5) is 4.04. The number of benzene rings is 3. The number of rotatable bonds is 5. The maximum absolute atomic E-state index is 2.61. The maximum Gasteiger partial charge on any atom is 0.0244 e. The summed E-state index contributed by atoms with van der Waals surface area (Å²) in [5, 5.41) is 2.72. The minimum atomic E-state index is 1.03. The van der Waals surface area contributed by atoms with Gasteiger partial charge in [0.15, 0.2) is 0 Å². The summed E-state index contributed by atoms with van der Waals surface area (Å²) in [7, 11) is 0. The molecule has 0 N–H and O–H groups in total. The molecule has 4 rings (SSSR count). The van der Waals surface area contributed by atoms with Crippen molar-refractivity contribution in [2.45, 2.75) is 36.5 Å². The van der Waals surface area contributed by atoms with E-state index in [2.05, 4.69) is 71.6 Å². The summed E-state index contributed by atoms with van der Waals surface area (Å²) in [5.41, 5.74) is 2.91. The van der Waals surface area contributed by atoms with Crippen molar-refractivity contribution in [2.24, 2.45) is 0 Å². The summed E-state index contributed by atoms with van der Waals surface area (Å²) in [6, 6.07) is 24.3. The average Bonchev–Trinajstić information content (AvgIpc) is 2.68. The molecule has 0 aromatic heterocycles. The highest BCUT2D eigenvalue weighted by atomic mass is 32.2. The average molecular weight is 348 g/mol. The monoisotopic (exact) mass is 347 g/mol. The van der Waals surface area contributed by atoms with Gasteiger partial charge in [-0.3, -0.25) is 4.90 Å². The Kier molecular flexibility index (Phi) is 5.39. The minimum absolute atomic E-state index is 1.03. The van der Waals surface area contributed by atoms with E-state index in [9.17, 15) is 0 Å². The predicted octanol–water partition coefficient (Wildman–Crippen LogP) is 6.12. The van der Waals surface area contributed by atoms with Gasteiger partial charge in [0, 0.05) is 17.2 Å². The lowest BCUT2D eigenvalue weighted by Gasteiger charge is -2.27. The Labute approximate surface area is 155 Å². The van der Waals surface area contributed by atoms with Gasteiger partial charge in [0.2, 0.25) is 0 Å². The third kappa shape index (κ3) is 4.08. The first-order valence-electron chi connectivity index (χ1n) is 9.30. The first kappa shape index (κ1) is 16.7. The van der Waals surface area contributed by atoms with Crippen LogP contribution >= 0.6 is 11.8 Å². The smallest absolute Gasteiger partial charge is 0.0244 e. The lowest BCUT2D eigenvalue weighted by atomic mass is 10.1. The second kappa shape index (κ2) is 8.07. The molecule has 0 saturated carbocycles. The number of hydrogen-bond acceptors (Lipinski definition) is 2. The first-order valence-corrected chi connectivity index (χ1v) is 10.3. The summed E-state index contributed by atoms with van der Waals surface area (Å²) < 4.78 is 0. The zero-order valence-electron chi connectivity index (χ0n) is 14.7. The lowest BCUT2D eigenvalue weighted by Crippen LogP contribution is -2.29. The molecule has 1 fully saturated rings. The topological polar surface area (TPSA) is 3.24 Å². The fourth-order valence-corrected chi connectivity index (χ4v) is 4.76. The second-order valence-electron chi connectivity index (χ2n) is 6.87. The molecule has 3 aromatic rings. The molecule has 25 heavy (non-hydrogen) atoms. The van der Waals surface area contributed by atoms with Crippen molar-refractivity contribution in [3.8, 4) is 0 Å². The fourth-order valence-electron chi connectivity index (χ4n) is 3.71. The summed E-state index contributed by atoms with van der Waals surface area (Å²) in [5.74, 6) is 1.03. The van der Waals surface area contributed by atoms with E-state index >= 15 is 0 Å². The van der Waals surface area contributed by atoms with Gasteiger partial charge < -0.3 is 0 Å². The van der Waals surface area contributed by atoms with Crippen LogP contribution in [0.5, 0.6) is 0 Å². The van der Waals surface area contributed by atoms with Crippen LogP contribution in [0, 0.1) is 0 Å². The third-order valence-corrected chi connectivity index (χ3v) is 6.24. The Balaban J connectivity index is 1.51. The molecular formula is C23H25NS. The Bertz CT molecular complexity index is 831. The predicted molar refractivity (Wildman–Crippen MR) is 109 cm³/mol. The Morgan fingerprint density at radius 2 is 1.44 bits per heavy atom. The van der Waals surface area contributed by atoms with Crippen LogP contribution in [0.2, 0.25) is 0 Å². The molecule has 0 atom stereocenters. The Morgan fingerprint density at radius 3 is 2.36 bits per heavy atom. The zero-order chi connectivity index (χ0) is 16.9. The van der Waals surface area contributed by atoms with Gasteiger partial charge in [0.25, 0.3) is 0 Å². The molecule has 0 spiro atoms. The van der Waals surface area contributed by atoms with Crippen LogP contribution in [0.1, 0.15) is 30.4 Å². The molecule has 128 valence electrons. The van der Waals surface area contributed by atoms with E-state index < -0.39 is 0 Å². The van der Waals surface area contributed by atoms with Crippen molar-refractivity contribution in [3.63, 3.8) is 0 Å². The molecule has 1 saturated heterocycles. The fraction of sp³-hybridized carbons (Fsp3) is 0.304. The molecule has 3 aromatic carbocycles. The van der Waals surface area contributed by atoms with Gasteiger partial charge in [-0.25, -0.2) is 0 Å². The number of fused-ring (bicyclic) bond motifs is 1. The largest absolute Gasteiger partial charge is 0.299 e. The highest BCUT2D eigenvalue weighted by Gasteiger charge is 2.13. The molecule has 0 unspecified atom stereocenters. The highest BCUT2D eigenvalue weighted by molar-refractivity contribution is 7.98. The van der Waals surface area contributed by atoms with E-state index in [1.54, 1.807) is 0 Å². The van der Waals surface area contributed by atoms with E-state index in [-0.39, 0.29) is 0 Å². The van der Waals surface area contributed by atoms with Crippen LogP contribution in [0.15, 0.2) is 71.6 Å². The van der Waals surface area contributed by atoms with Crippen molar-refractivity contribution in [2.75, 3.05) is 13.1 Å².